The van der Waals surface area contributed by atoms with E-state index >= 15 is 0 Å². The van der Waals surface area contributed by atoms with E-state index in [9.17, 15) is 0 Å². The van der Waals surface area contributed by atoms with Gasteiger partial charge in [-0.05, 0) is 37.9 Å². The summed E-state index contributed by atoms with van der Waals surface area (Å²) in [6, 6.07) is 4.79. The Morgan fingerprint density at radius 1 is 1.19 bits per heavy atom. The molecule has 0 unspecified atom stereocenters. The van der Waals surface area contributed by atoms with Gasteiger partial charge in [0.15, 0.2) is 0 Å². The molecule has 4 heterocycles. The van der Waals surface area contributed by atoms with Crippen LogP contribution in [0.25, 0.3) is 10.2 Å². The normalized spacial score (nSPS) is 17.7. The molecule has 0 spiro atoms. The third-order valence-electron chi connectivity index (χ3n) is 5.28. The largest absolute Gasteiger partial charge is 0.367 e. The number of nitrogens with zero attached hydrogens (tertiary/aromatic N) is 4. The maximum absolute atomic E-state index is 4.55. The lowest BCUT2D eigenvalue weighted by Gasteiger charge is -2.37. The molecule has 3 aromatic heterocycles. The molecule has 1 N–H and O–H groups in total. The van der Waals surface area contributed by atoms with Gasteiger partial charge < -0.3 is 10.2 Å². The zero-order valence-corrected chi connectivity index (χ0v) is 17.2. The monoisotopic (exact) mass is 387 g/mol. The highest BCUT2D eigenvalue weighted by atomic mass is 32.1. The van der Waals surface area contributed by atoms with Crippen molar-refractivity contribution in [2.75, 3.05) is 45.1 Å². The van der Waals surface area contributed by atoms with Crippen LogP contribution in [0.3, 0.4) is 0 Å². The third kappa shape index (κ3) is 3.49. The Kier molecular flexibility index (Phi) is 5.22. The molecule has 4 rings (SSSR count). The number of likely N-dealkylation sites (N-methyl/N-ethyl adjacent to an activating group) is 1. The molecular formula is C19H25N5S2. The average molecular weight is 388 g/mol. The topological polar surface area (TPSA) is 44.3 Å². The molecule has 0 amide bonds. The summed E-state index contributed by atoms with van der Waals surface area (Å²) in [5.41, 5.74) is 1.29. The number of nitrogens with one attached hydrogen (secondary N) is 1. The van der Waals surface area contributed by atoms with Gasteiger partial charge in [0.1, 0.15) is 17.0 Å². The number of hydrogen-bond acceptors (Lipinski definition) is 7. The van der Waals surface area contributed by atoms with Crippen LogP contribution >= 0.6 is 22.7 Å². The maximum atomic E-state index is 4.55. The maximum Gasteiger partial charge on any atom is 0.138 e. The van der Waals surface area contributed by atoms with Crippen LogP contribution < -0.4 is 5.32 Å². The van der Waals surface area contributed by atoms with Gasteiger partial charge in [-0.2, -0.15) is 0 Å². The summed E-state index contributed by atoms with van der Waals surface area (Å²) in [6.45, 7) is 9.66. The van der Waals surface area contributed by atoms with Crippen molar-refractivity contribution in [2.45, 2.75) is 19.9 Å². The summed E-state index contributed by atoms with van der Waals surface area (Å²) in [6.07, 6.45) is 1.68. The fourth-order valence-electron chi connectivity index (χ4n) is 3.53. The Hall–Kier alpha value is -1.54. The first-order valence-corrected chi connectivity index (χ1v) is 10.7. The van der Waals surface area contributed by atoms with Gasteiger partial charge in [-0.3, -0.25) is 4.90 Å². The van der Waals surface area contributed by atoms with Crippen molar-refractivity contribution in [1.82, 2.24) is 19.8 Å². The van der Waals surface area contributed by atoms with Crippen molar-refractivity contribution in [1.29, 1.82) is 0 Å². The van der Waals surface area contributed by atoms with Crippen LogP contribution in [0.15, 0.2) is 23.8 Å². The molecular weight excluding hydrogens is 362 g/mol. The predicted octanol–water partition coefficient (Wildman–Crippen LogP) is 3.77. The number of thiophene rings is 2. The molecule has 138 valence electrons. The standard InChI is InChI=1S/C19H25N5S2/c1-13-14(2)26-19-17(13)18(21-12-22-19)20-11-15(16-5-4-10-25-16)24-8-6-23(3)7-9-24/h4-5,10,12,15H,6-9,11H2,1-3H3,(H,20,21,22)/t15-/m0/s1. The first-order chi connectivity index (χ1) is 12.6. The number of aryl methyl sites for hydroxylation is 2. The number of hydrogen-bond donors (Lipinski definition) is 1. The summed E-state index contributed by atoms with van der Waals surface area (Å²) in [5.74, 6) is 0.965. The van der Waals surface area contributed by atoms with Gasteiger partial charge >= 0.3 is 0 Å². The Labute approximate surface area is 162 Å². The highest BCUT2D eigenvalue weighted by molar-refractivity contribution is 7.18. The van der Waals surface area contributed by atoms with Crippen LogP contribution in [0.1, 0.15) is 21.4 Å². The molecule has 0 saturated carbocycles. The van der Waals surface area contributed by atoms with Crippen LogP contribution in [0.4, 0.5) is 5.82 Å². The molecule has 1 aliphatic rings. The Balaban J connectivity index is 1.57. The molecule has 0 bridgehead atoms. The summed E-state index contributed by atoms with van der Waals surface area (Å²) in [4.78, 5) is 17.8. The second-order valence-electron chi connectivity index (χ2n) is 6.94. The molecule has 1 aliphatic heterocycles. The van der Waals surface area contributed by atoms with Gasteiger partial charge in [0.05, 0.1) is 11.4 Å². The van der Waals surface area contributed by atoms with E-state index in [1.165, 1.54) is 20.7 Å². The Morgan fingerprint density at radius 3 is 2.73 bits per heavy atom. The number of aromatic nitrogens is 2. The van der Waals surface area contributed by atoms with Crippen LogP contribution in [-0.2, 0) is 0 Å². The highest BCUT2D eigenvalue weighted by Gasteiger charge is 2.25. The van der Waals surface area contributed by atoms with E-state index in [4.69, 9.17) is 0 Å². The van der Waals surface area contributed by atoms with Crippen molar-refractivity contribution < 1.29 is 0 Å². The minimum Gasteiger partial charge on any atom is -0.367 e. The van der Waals surface area contributed by atoms with Crippen molar-refractivity contribution >= 4 is 38.7 Å². The second kappa shape index (κ2) is 7.60. The third-order valence-corrected chi connectivity index (χ3v) is 7.37. The van der Waals surface area contributed by atoms with Crippen molar-refractivity contribution in [2.24, 2.45) is 0 Å². The fraction of sp³-hybridized carbons (Fsp3) is 0.474. The van der Waals surface area contributed by atoms with E-state index < -0.39 is 0 Å². The fourth-order valence-corrected chi connectivity index (χ4v) is 5.39. The molecule has 26 heavy (non-hydrogen) atoms. The lowest BCUT2D eigenvalue weighted by Crippen LogP contribution is -2.47. The SMILES string of the molecule is Cc1sc2ncnc(NC[C@@H](c3cccs3)N3CCN(C)CC3)c2c1C. The van der Waals surface area contributed by atoms with E-state index in [-0.39, 0.29) is 0 Å². The molecule has 1 saturated heterocycles. The van der Waals surface area contributed by atoms with Gasteiger partial charge in [-0.1, -0.05) is 6.07 Å². The summed E-state index contributed by atoms with van der Waals surface area (Å²) < 4.78 is 0. The highest BCUT2D eigenvalue weighted by Crippen LogP contribution is 2.33. The van der Waals surface area contributed by atoms with Gasteiger partial charge in [-0.15, -0.1) is 22.7 Å². The van der Waals surface area contributed by atoms with Gasteiger partial charge in [0.2, 0.25) is 0 Å². The zero-order valence-electron chi connectivity index (χ0n) is 15.5. The van der Waals surface area contributed by atoms with E-state index in [0.717, 1.165) is 43.4 Å². The van der Waals surface area contributed by atoms with E-state index in [1.54, 1.807) is 17.7 Å². The number of fused-ring (bicyclic) bond motifs is 1. The van der Waals surface area contributed by atoms with Gasteiger partial charge in [0, 0.05) is 42.5 Å². The first-order valence-electron chi connectivity index (χ1n) is 9.04. The summed E-state index contributed by atoms with van der Waals surface area (Å²) in [5, 5.41) is 7.00. The van der Waals surface area contributed by atoms with Crippen molar-refractivity contribution in [3.05, 3.63) is 39.2 Å². The Bertz CT molecular complexity index is 866. The smallest absolute Gasteiger partial charge is 0.138 e. The minimum atomic E-state index is 0.383. The van der Waals surface area contributed by atoms with E-state index in [1.807, 2.05) is 11.3 Å². The van der Waals surface area contributed by atoms with Crippen LogP contribution in [0.5, 0.6) is 0 Å². The van der Waals surface area contributed by atoms with Crippen LogP contribution in [-0.4, -0.2) is 59.5 Å². The van der Waals surface area contributed by atoms with Crippen molar-refractivity contribution in [3.8, 4) is 0 Å². The molecule has 5 nitrogen and oxygen atoms in total. The molecule has 1 fully saturated rings. The van der Waals surface area contributed by atoms with Crippen molar-refractivity contribution in [3.63, 3.8) is 0 Å². The second-order valence-corrected chi connectivity index (χ2v) is 9.12. The van der Waals surface area contributed by atoms with Crippen LogP contribution in [0.2, 0.25) is 0 Å². The van der Waals surface area contributed by atoms with E-state index in [2.05, 4.69) is 63.5 Å². The number of anilines is 1. The Morgan fingerprint density at radius 2 is 2.00 bits per heavy atom. The van der Waals surface area contributed by atoms with Gasteiger partial charge in [0.25, 0.3) is 0 Å². The molecule has 0 aromatic carbocycles. The van der Waals surface area contributed by atoms with E-state index in [0.29, 0.717) is 6.04 Å². The molecule has 7 heteroatoms. The number of piperazine rings is 1. The van der Waals surface area contributed by atoms with Gasteiger partial charge in [-0.25, -0.2) is 9.97 Å². The lowest BCUT2D eigenvalue weighted by molar-refractivity contribution is 0.118. The predicted molar refractivity (Wildman–Crippen MR) is 112 cm³/mol. The zero-order chi connectivity index (χ0) is 18.1. The molecule has 0 radical (unpaired) electrons. The summed E-state index contributed by atoms with van der Waals surface area (Å²) >= 11 is 3.59. The summed E-state index contributed by atoms with van der Waals surface area (Å²) in [7, 11) is 2.20. The first kappa shape index (κ1) is 17.9. The quantitative estimate of drug-likeness (QED) is 0.722. The molecule has 1 atom stereocenters. The minimum absolute atomic E-state index is 0.383. The van der Waals surface area contributed by atoms with Crippen LogP contribution in [0, 0.1) is 13.8 Å². The average Bonchev–Trinajstić information content (AvgIpc) is 3.26. The number of rotatable bonds is 5. The lowest BCUT2D eigenvalue weighted by atomic mass is 10.1. The molecule has 0 aliphatic carbocycles. The molecule has 3 aromatic rings.